The van der Waals surface area contributed by atoms with Crippen molar-refractivity contribution < 1.29 is 0 Å². The lowest BCUT2D eigenvalue weighted by atomic mass is 10.1. The highest BCUT2D eigenvalue weighted by Crippen LogP contribution is 2.32. The van der Waals surface area contributed by atoms with Gasteiger partial charge in [-0.25, -0.2) is 0 Å². The first-order chi connectivity index (χ1) is 8.20. The van der Waals surface area contributed by atoms with Crippen LogP contribution in [0.1, 0.15) is 12.5 Å². The van der Waals surface area contributed by atoms with Gasteiger partial charge in [0.15, 0.2) is 0 Å². The molecule has 0 saturated carbocycles. The van der Waals surface area contributed by atoms with Crippen molar-refractivity contribution in [2.24, 2.45) is 0 Å². The molecule has 1 nitrogen and oxygen atoms in total. The number of rotatable bonds is 4. The van der Waals surface area contributed by atoms with Crippen LogP contribution in [0, 0.1) is 0 Å². The Bertz CT molecular complexity index is 508. The number of thiophene rings is 1. The summed E-state index contributed by atoms with van der Waals surface area (Å²) in [5, 5.41) is 4.09. The van der Waals surface area contributed by atoms with E-state index in [-0.39, 0.29) is 0 Å². The quantitative estimate of drug-likeness (QED) is 0.848. The zero-order chi connectivity index (χ0) is 12.3. The molecule has 1 aromatic heterocycles. The first kappa shape index (κ1) is 12.9. The lowest BCUT2D eigenvalue weighted by Gasteiger charge is -2.07. The van der Waals surface area contributed by atoms with Gasteiger partial charge in [-0.2, -0.15) is 0 Å². The van der Waals surface area contributed by atoms with E-state index >= 15 is 0 Å². The van der Waals surface area contributed by atoms with Gasteiger partial charge in [-0.3, -0.25) is 0 Å². The molecule has 0 saturated heterocycles. The van der Waals surface area contributed by atoms with Crippen molar-refractivity contribution >= 4 is 34.5 Å². The molecule has 0 fully saturated rings. The van der Waals surface area contributed by atoms with Crippen LogP contribution >= 0.6 is 34.5 Å². The van der Waals surface area contributed by atoms with E-state index in [1.807, 2.05) is 24.3 Å². The Balaban J connectivity index is 2.30. The molecule has 0 aliphatic rings. The van der Waals surface area contributed by atoms with E-state index in [1.165, 1.54) is 10.4 Å². The molecule has 0 atom stereocenters. The summed E-state index contributed by atoms with van der Waals surface area (Å²) in [7, 11) is 0. The number of halogens is 2. The van der Waals surface area contributed by atoms with E-state index in [4.69, 9.17) is 23.2 Å². The Morgan fingerprint density at radius 2 is 2.00 bits per heavy atom. The van der Waals surface area contributed by atoms with Gasteiger partial charge in [0.25, 0.3) is 0 Å². The highest BCUT2D eigenvalue weighted by atomic mass is 35.5. The third-order valence-electron chi connectivity index (χ3n) is 2.47. The number of benzene rings is 1. The van der Waals surface area contributed by atoms with Crippen molar-refractivity contribution in [1.82, 2.24) is 5.32 Å². The first-order valence-corrected chi connectivity index (χ1v) is 7.03. The normalized spacial score (nSPS) is 10.8. The van der Waals surface area contributed by atoms with Crippen molar-refractivity contribution in [3.63, 3.8) is 0 Å². The van der Waals surface area contributed by atoms with Gasteiger partial charge in [-0.05, 0) is 41.9 Å². The van der Waals surface area contributed by atoms with E-state index in [1.54, 1.807) is 11.3 Å². The molecular weight excluding hydrogens is 273 g/mol. The van der Waals surface area contributed by atoms with Crippen LogP contribution in [-0.2, 0) is 6.54 Å². The Hall–Kier alpha value is -0.540. The topological polar surface area (TPSA) is 12.0 Å². The molecule has 0 spiro atoms. The zero-order valence-corrected chi connectivity index (χ0v) is 11.8. The predicted octanol–water partition coefficient (Wildman–Crippen LogP) is 4.83. The van der Waals surface area contributed by atoms with Gasteiger partial charge in [-0.15, -0.1) is 11.3 Å². The average Bonchev–Trinajstić information content (AvgIpc) is 2.75. The van der Waals surface area contributed by atoms with Crippen LogP contribution in [0.5, 0.6) is 0 Å². The fourth-order valence-electron chi connectivity index (χ4n) is 1.59. The highest BCUT2D eigenvalue weighted by molar-refractivity contribution is 7.19. The fraction of sp³-hybridized carbons (Fsp3) is 0.231. The lowest BCUT2D eigenvalue weighted by Crippen LogP contribution is -2.12. The van der Waals surface area contributed by atoms with E-state index < -0.39 is 0 Å². The Morgan fingerprint density at radius 1 is 1.18 bits per heavy atom. The van der Waals surface area contributed by atoms with E-state index in [2.05, 4.69) is 18.3 Å². The molecule has 0 unspecified atom stereocenters. The highest BCUT2D eigenvalue weighted by Gasteiger charge is 2.05. The molecule has 0 aliphatic heterocycles. The molecule has 0 amide bonds. The molecule has 1 N–H and O–H groups in total. The largest absolute Gasteiger partial charge is 0.313 e. The zero-order valence-electron chi connectivity index (χ0n) is 9.47. The van der Waals surface area contributed by atoms with Gasteiger partial charge >= 0.3 is 0 Å². The van der Waals surface area contributed by atoms with Crippen molar-refractivity contribution in [2.75, 3.05) is 6.54 Å². The average molecular weight is 286 g/mol. The Morgan fingerprint density at radius 3 is 2.65 bits per heavy atom. The van der Waals surface area contributed by atoms with E-state index in [0.29, 0.717) is 0 Å². The van der Waals surface area contributed by atoms with Crippen molar-refractivity contribution in [1.29, 1.82) is 0 Å². The van der Waals surface area contributed by atoms with Crippen molar-refractivity contribution in [2.45, 2.75) is 13.5 Å². The van der Waals surface area contributed by atoms with Crippen molar-refractivity contribution in [3.8, 4) is 10.4 Å². The molecule has 1 heterocycles. The maximum Gasteiger partial charge on any atom is 0.0934 e. The van der Waals surface area contributed by atoms with Gasteiger partial charge in [0, 0.05) is 16.4 Å². The van der Waals surface area contributed by atoms with E-state index in [0.717, 1.165) is 28.0 Å². The van der Waals surface area contributed by atoms with Gasteiger partial charge in [-0.1, -0.05) is 36.2 Å². The number of nitrogens with one attached hydrogen (secondary N) is 1. The van der Waals surface area contributed by atoms with Crippen LogP contribution in [-0.4, -0.2) is 6.54 Å². The van der Waals surface area contributed by atoms with Crippen LogP contribution in [0.4, 0.5) is 0 Å². The van der Waals surface area contributed by atoms with Gasteiger partial charge in [0.2, 0.25) is 0 Å². The van der Waals surface area contributed by atoms with Gasteiger partial charge in [0.05, 0.1) is 4.34 Å². The maximum atomic E-state index is 6.16. The monoisotopic (exact) mass is 285 g/mol. The smallest absolute Gasteiger partial charge is 0.0934 e. The SMILES string of the molecule is CCNCc1cc(-c2ccc(Cl)s2)ccc1Cl. The molecule has 0 bridgehead atoms. The third kappa shape index (κ3) is 3.23. The summed E-state index contributed by atoms with van der Waals surface area (Å²) < 4.78 is 0.809. The fourth-order valence-corrected chi connectivity index (χ4v) is 2.82. The molecule has 0 radical (unpaired) electrons. The van der Waals surface area contributed by atoms with E-state index in [9.17, 15) is 0 Å². The molecular formula is C13H13Cl2NS. The van der Waals surface area contributed by atoms with Gasteiger partial charge < -0.3 is 5.32 Å². The number of hydrogen-bond donors (Lipinski definition) is 1. The van der Waals surface area contributed by atoms with Crippen LogP contribution in [0.15, 0.2) is 30.3 Å². The van der Waals surface area contributed by atoms with Crippen LogP contribution in [0.25, 0.3) is 10.4 Å². The molecule has 0 aliphatic carbocycles. The molecule has 1 aromatic carbocycles. The first-order valence-electron chi connectivity index (χ1n) is 5.45. The number of hydrogen-bond acceptors (Lipinski definition) is 2. The molecule has 90 valence electrons. The molecule has 17 heavy (non-hydrogen) atoms. The minimum Gasteiger partial charge on any atom is -0.313 e. The van der Waals surface area contributed by atoms with Crippen LogP contribution in [0.2, 0.25) is 9.36 Å². The molecule has 4 heteroatoms. The van der Waals surface area contributed by atoms with Crippen molar-refractivity contribution in [3.05, 3.63) is 45.3 Å². The predicted molar refractivity (Wildman–Crippen MR) is 77.2 cm³/mol. The second-order valence-corrected chi connectivity index (χ2v) is 5.81. The minimum atomic E-state index is 0.794. The summed E-state index contributed by atoms with van der Waals surface area (Å²) in [6.07, 6.45) is 0. The summed E-state index contributed by atoms with van der Waals surface area (Å²) >= 11 is 13.7. The summed E-state index contributed by atoms with van der Waals surface area (Å²) in [4.78, 5) is 1.17. The standard InChI is InChI=1S/C13H13Cl2NS/c1-2-16-8-10-7-9(3-4-11(10)14)12-5-6-13(15)17-12/h3-7,16H,2,8H2,1H3. The molecule has 2 rings (SSSR count). The van der Waals surface area contributed by atoms with Crippen LogP contribution in [0.3, 0.4) is 0 Å². The Labute approximate surface area is 115 Å². The lowest BCUT2D eigenvalue weighted by molar-refractivity contribution is 0.727. The van der Waals surface area contributed by atoms with Crippen LogP contribution < -0.4 is 5.32 Å². The second-order valence-electron chi connectivity index (χ2n) is 3.69. The second kappa shape index (κ2) is 5.87. The summed E-state index contributed by atoms with van der Waals surface area (Å²) in [5.74, 6) is 0. The Kier molecular flexibility index (Phi) is 4.46. The van der Waals surface area contributed by atoms with Gasteiger partial charge in [0.1, 0.15) is 0 Å². The summed E-state index contributed by atoms with van der Waals surface area (Å²) in [6, 6.07) is 10.0. The maximum absolute atomic E-state index is 6.16. The summed E-state index contributed by atoms with van der Waals surface area (Å²) in [6.45, 7) is 3.81. The third-order valence-corrected chi connectivity index (χ3v) is 4.12. The molecule has 2 aromatic rings. The minimum absolute atomic E-state index is 0.794. The summed E-state index contributed by atoms with van der Waals surface area (Å²) in [5.41, 5.74) is 2.29.